The van der Waals surface area contributed by atoms with Gasteiger partial charge in [0.2, 0.25) is 5.95 Å². The van der Waals surface area contributed by atoms with Crippen LogP contribution >= 0.6 is 23.1 Å². The van der Waals surface area contributed by atoms with E-state index in [2.05, 4.69) is 21.4 Å². The van der Waals surface area contributed by atoms with Crippen molar-refractivity contribution >= 4 is 39.3 Å². The Morgan fingerprint density at radius 1 is 1.47 bits per heavy atom. The number of aromatic nitrogens is 2. The number of aliphatic hydroxyl groups excluding tert-OH is 1. The van der Waals surface area contributed by atoms with Crippen molar-refractivity contribution in [3.8, 4) is 0 Å². The highest BCUT2D eigenvalue weighted by atomic mass is 32.2. The van der Waals surface area contributed by atoms with Crippen LogP contribution in [-0.4, -0.2) is 34.0 Å². The Bertz CT molecular complexity index is 487. The summed E-state index contributed by atoms with van der Waals surface area (Å²) >= 11 is 3.30. The number of nitrogens with one attached hydrogen (secondary N) is 1. The van der Waals surface area contributed by atoms with Crippen molar-refractivity contribution in [2.24, 2.45) is 0 Å². The van der Waals surface area contributed by atoms with Crippen molar-refractivity contribution in [2.75, 3.05) is 24.2 Å². The summed E-state index contributed by atoms with van der Waals surface area (Å²) in [5, 5.41) is 16.1. The van der Waals surface area contributed by atoms with E-state index in [1.165, 1.54) is 0 Å². The van der Waals surface area contributed by atoms with E-state index in [1.807, 2.05) is 12.3 Å². The van der Waals surface area contributed by atoms with E-state index >= 15 is 0 Å². The van der Waals surface area contributed by atoms with Crippen molar-refractivity contribution in [3.63, 3.8) is 0 Å². The fourth-order valence-electron chi connectivity index (χ4n) is 1.41. The molecule has 4 nitrogen and oxygen atoms in total. The molecule has 0 fully saturated rings. The second kappa shape index (κ2) is 6.18. The Morgan fingerprint density at radius 3 is 3.12 bits per heavy atom. The largest absolute Gasteiger partial charge is 0.396 e. The number of fused-ring (bicyclic) bond motifs is 1. The van der Waals surface area contributed by atoms with Gasteiger partial charge >= 0.3 is 0 Å². The molecule has 0 unspecified atom stereocenters. The minimum Gasteiger partial charge on any atom is -0.396 e. The van der Waals surface area contributed by atoms with Crippen molar-refractivity contribution < 1.29 is 5.11 Å². The van der Waals surface area contributed by atoms with Crippen LogP contribution in [0.25, 0.3) is 10.2 Å². The maximum Gasteiger partial charge on any atom is 0.225 e. The van der Waals surface area contributed by atoms with E-state index in [0.717, 1.165) is 34.0 Å². The molecule has 2 aromatic rings. The molecule has 2 heterocycles. The average Bonchev–Trinajstić information content (AvgIpc) is 2.78. The van der Waals surface area contributed by atoms with Crippen LogP contribution in [0.4, 0.5) is 5.95 Å². The van der Waals surface area contributed by atoms with Crippen molar-refractivity contribution in [1.82, 2.24) is 9.97 Å². The maximum atomic E-state index is 8.80. The minimum absolute atomic E-state index is 0.227. The molecule has 0 radical (unpaired) electrons. The van der Waals surface area contributed by atoms with Crippen LogP contribution in [0, 0.1) is 0 Å². The summed E-state index contributed by atoms with van der Waals surface area (Å²) in [6, 6.07) is 2.05. The Hall–Kier alpha value is -0.850. The van der Waals surface area contributed by atoms with Gasteiger partial charge < -0.3 is 10.4 Å². The first kappa shape index (κ1) is 12.6. The number of thioether (sulfide) groups is 1. The second-order valence-corrected chi connectivity index (χ2v) is 5.43. The van der Waals surface area contributed by atoms with Crippen LogP contribution in [0.1, 0.15) is 13.3 Å². The van der Waals surface area contributed by atoms with Gasteiger partial charge in [-0.05, 0) is 24.8 Å². The molecule has 2 rings (SSSR count). The molecule has 92 valence electrons. The third-order valence-electron chi connectivity index (χ3n) is 2.17. The van der Waals surface area contributed by atoms with Crippen molar-refractivity contribution in [3.05, 3.63) is 11.4 Å². The van der Waals surface area contributed by atoms with Gasteiger partial charge in [-0.15, -0.1) is 23.1 Å². The van der Waals surface area contributed by atoms with Gasteiger partial charge in [0, 0.05) is 24.3 Å². The number of thiophene rings is 1. The first-order valence-electron chi connectivity index (χ1n) is 5.58. The van der Waals surface area contributed by atoms with Crippen LogP contribution in [0.2, 0.25) is 0 Å². The van der Waals surface area contributed by atoms with Gasteiger partial charge in [0.25, 0.3) is 0 Å². The monoisotopic (exact) mass is 269 g/mol. The molecule has 0 spiro atoms. The third kappa shape index (κ3) is 3.08. The molecule has 2 N–H and O–H groups in total. The Balaban J connectivity index is 2.26. The third-order valence-corrected chi connectivity index (χ3v) is 4.05. The van der Waals surface area contributed by atoms with Gasteiger partial charge in [0.1, 0.15) is 9.86 Å². The highest BCUT2D eigenvalue weighted by Crippen LogP contribution is 2.29. The summed E-state index contributed by atoms with van der Waals surface area (Å²) in [6.45, 7) is 3.07. The average molecular weight is 269 g/mol. The summed E-state index contributed by atoms with van der Waals surface area (Å²) in [7, 11) is 0. The lowest BCUT2D eigenvalue weighted by Crippen LogP contribution is -2.02. The zero-order valence-corrected chi connectivity index (χ0v) is 11.3. The molecule has 0 aliphatic heterocycles. The highest BCUT2D eigenvalue weighted by molar-refractivity contribution is 7.99. The molecule has 0 aromatic carbocycles. The number of rotatable bonds is 6. The zero-order valence-electron chi connectivity index (χ0n) is 9.64. The highest BCUT2D eigenvalue weighted by Gasteiger charge is 2.08. The number of nitrogens with zero attached hydrogens (tertiary/aromatic N) is 2. The fraction of sp³-hybridized carbons (Fsp3) is 0.455. The normalized spacial score (nSPS) is 10.9. The summed E-state index contributed by atoms with van der Waals surface area (Å²) in [6.07, 6.45) is 0.789. The quantitative estimate of drug-likeness (QED) is 0.479. The van der Waals surface area contributed by atoms with E-state index in [-0.39, 0.29) is 6.61 Å². The molecule has 0 aliphatic carbocycles. The molecule has 0 saturated heterocycles. The summed E-state index contributed by atoms with van der Waals surface area (Å²) in [5.41, 5.74) is 0. The van der Waals surface area contributed by atoms with Gasteiger partial charge in [-0.1, -0.05) is 0 Å². The molecule has 17 heavy (non-hydrogen) atoms. The number of aliphatic hydroxyl groups is 1. The second-order valence-electron chi connectivity index (χ2n) is 3.45. The molecule has 0 saturated carbocycles. The predicted octanol–water partition coefficient (Wildman–Crippen LogP) is 2.60. The lowest BCUT2D eigenvalue weighted by Gasteiger charge is -2.05. The van der Waals surface area contributed by atoms with Crippen LogP contribution in [-0.2, 0) is 0 Å². The summed E-state index contributed by atoms with van der Waals surface area (Å²) in [5.74, 6) is 1.57. The lowest BCUT2D eigenvalue weighted by atomic mass is 10.4. The number of anilines is 1. The van der Waals surface area contributed by atoms with Crippen LogP contribution < -0.4 is 5.32 Å². The fourth-order valence-corrected chi connectivity index (χ4v) is 3.18. The van der Waals surface area contributed by atoms with Gasteiger partial charge in [-0.25, -0.2) is 9.97 Å². The van der Waals surface area contributed by atoms with Gasteiger partial charge in [-0.3, -0.25) is 0 Å². The Kier molecular flexibility index (Phi) is 4.58. The minimum atomic E-state index is 0.227. The van der Waals surface area contributed by atoms with Crippen molar-refractivity contribution in [1.29, 1.82) is 0 Å². The number of hydrogen-bond donors (Lipinski definition) is 2. The Labute approximate surface area is 108 Å². The van der Waals surface area contributed by atoms with Crippen LogP contribution in [0.5, 0.6) is 0 Å². The number of hydrogen-bond acceptors (Lipinski definition) is 6. The summed E-state index contributed by atoms with van der Waals surface area (Å²) < 4.78 is 0. The van der Waals surface area contributed by atoms with E-state index in [0.29, 0.717) is 5.95 Å². The van der Waals surface area contributed by atoms with E-state index < -0.39 is 0 Å². The molecule has 0 bridgehead atoms. The molecular weight excluding hydrogens is 254 g/mol. The molecule has 0 amide bonds. The summed E-state index contributed by atoms with van der Waals surface area (Å²) in [4.78, 5) is 9.96. The van der Waals surface area contributed by atoms with E-state index in [9.17, 15) is 0 Å². The topological polar surface area (TPSA) is 58.0 Å². The SMILES string of the molecule is CCNc1nc(SCCCO)c2ccsc2n1. The molecule has 2 aromatic heterocycles. The molecule has 6 heteroatoms. The first-order chi connectivity index (χ1) is 8.35. The lowest BCUT2D eigenvalue weighted by molar-refractivity contribution is 0.296. The first-order valence-corrected chi connectivity index (χ1v) is 7.44. The van der Waals surface area contributed by atoms with Gasteiger partial charge in [-0.2, -0.15) is 0 Å². The van der Waals surface area contributed by atoms with Crippen LogP contribution in [0.15, 0.2) is 16.5 Å². The van der Waals surface area contributed by atoms with Gasteiger partial charge in [0.05, 0.1) is 0 Å². The maximum absolute atomic E-state index is 8.80. The van der Waals surface area contributed by atoms with Gasteiger partial charge in [0.15, 0.2) is 0 Å². The molecular formula is C11H15N3OS2. The van der Waals surface area contributed by atoms with E-state index in [4.69, 9.17) is 5.11 Å². The van der Waals surface area contributed by atoms with Crippen molar-refractivity contribution in [2.45, 2.75) is 18.4 Å². The van der Waals surface area contributed by atoms with E-state index in [1.54, 1.807) is 23.1 Å². The zero-order chi connectivity index (χ0) is 12.1. The molecule has 0 atom stereocenters. The molecule has 0 aliphatic rings. The van der Waals surface area contributed by atoms with Crippen LogP contribution in [0.3, 0.4) is 0 Å². The predicted molar refractivity (Wildman–Crippen MR) is 74.0 cm³/mol. The standard InChI is InChI=1S/C11H15N3OS2/c1-2-12-11-13-9(16-6-3-5-15)8-4-7-17-10(8)14-11/h4,7,15H,2-3,5-6H2,1H3,(H,12,13,14). The Morgan fingerprint density at radius 2 is 2.35 bits per heavy atom. The smallest absolute Gasteiger partial charge is 0.225 e.